The van der Waals surface area contributed by atoms with E-state index in [9.17, 15) is 0 Å². The summed E-state index contributed by atoms with van der Waals surface area (Å²) >= 11 is 0. The molecule has 0 saturated heterocycles. The van der Waals surface area contributed by atoms with Gasteiger partial charge >= 0.3 is 0 Å². The molecule has 3 aliphatic rings. The van der Waals surface area contributed by atoms with Crippen LogP contribution in [0, 0.1) is 0 Å². The molecule has 0 amide bonds. The third kappa shape index (κ3) is 4.89. The molecule has 2 aliphatic heterocycles. The Labute approximate surface area is 396 Å². The average Bonchev–Trinajstić information content (AvgIpc) is 3.85. The number of hydrogen-bond acceptors (Lipinski definition) is 1. The van der Waals surface area contributed by atoms with Crippen molar-refractivity contribution in [3.8, 4) is 33.6 Å². The minimum absolute atomic E-state index is 0.0153. The van der Waals surface area contributed by atoms with Gasteiger partial charge in [0.25, 0.3) is 6.71 Å². The largest absolute Gasteiger partial charge is 0.310 e. The van der Waals surface area contributed by atoms with E-state index in [1.165, 1.54) is 126 Å². The van der Waals surface area contributed by atoms with Crippen LogP contribution in [0.1, 0.15) is 52.7 Å². The van der Waals surface area contributed by atoms with E-state index >= 15 is 0 Å². The van der Waals surface area contributed by atoms with E-state index in [1.54, 1.807) is 0 Å². The molecule has 3 nitrogen and oxygen atoms in total. The average molecular weight is 870 g/mol. The lowest BCUT2D eigenvalue weighted by Crippen LogP contribution is -2.59. The van der Waals surface area contributed by atoms with Crippen molar-refractivity contribution in [3.05, 3.63) is 193 Å². The van der Waals surface area contributed by atoms with Gasteiger partial charge in [-0.1, -0.05) is 175 Å². The molecular formula is C64H48BN3. The molecule has 0 atom stereocenters. The number of rotatable bonds is 3. The van der Waals surface area contributed by atoms with Gasteiger partial charge in [0.15, 0.2) is 0 Å². The lowest BCUT2D eigenvalue weighted by Gasteiger charge is -2.36. The van der Waals surface area contributed by atoms with Gasteiger partial charge in [-0.05, 0) is 131 Å². The van der Waals surface area contributed by atoms with Gasteiger partial charge in [-0.15, -0.1) is 0 Å². The summed E-state index contributed by atoms with van der Waals surface area (Å²) in [5, 5.41) is 10.5. The summed E-state index contributed by atoms with van der Waals surface area (Å²) in [6.45, 7) is 13.8. The van der Waals surface area contributed by atoms with E-state index in [2.05, 4.69) is 238 Å². The minimum atomic E-state index is 0.0153. The Morgan fingerprint density at radius 1 is 0.382 bits per heavy atom. The zero-order valence-corrected chi connectivity index (χ0v) is 39.2. The first kappa shape index (κ1) is 38.3. The summed E-state index contributed by atoms with van der Waals surface area (Å²) in [7, 11) is 0. The number of anilines is 3. The second-order valence-electron chi connectivity index (χ2n) is 21.7. The second-order valence-corrected chi connectivity index (χ2v) is 21.7. The van der Waals surface area contributed by atoms with Gasteiger partial charge in [0, 0.05) is 49.8 Å². The molecule has 4 heteroatoms. The fraction of sp³-hybridized carbons (Fsp3) is 0.125. The Morgan fingerprint density at radius 3 is 1.59 bits per heavy atom. The summed E-state index contributed by atoms with van der Waals surface area (Å²) < 4.78 is 5.30. The quantitative estimate of drug-likeness (QED) is 0.161. The summed E-state index contributed by atoms with van der Waals surface area (Å²) in [6, 6.07) is 70.1. The van der Waals surface area contributed by atoms with Crippen molar-refractivity contribution in [2.24, 2.45) is 0 Å². The number of aromatic nitrogens is 2. The predicted octanol–water partition coefficient (Wildman–Crippen LogP) is 15.0. The maximum atomic E-state index is 2.67. The molecule has 0 saturated carbocycles. The number of nitrogens with zero attached hydrogens (tertiary/aromatic N) is 3. The topological polar surface area (TPSA) is 13.1 Å². The van der Waals surface area contributed by atoms with Crippen molar-refractivity contribution in [1.82, 2.24) is 9.13 Å². The molecule has 12 aromatic rings. The minimum Gasteiger partial charge on any atom is -0.310 e. The molecule has 0 unspecified atom stereocenters. The molecule has 68 heavy (non-hydrogen) atoms. The first-order valence-corrected chi connectivity index (χ1v) is 24.3. The Balaban J connectivity index is 1.13. The smallest absolute Gasteiger partial charge is 0.252 e. The van der Waals surface area contributed by atoms with E-state index in [4.69, 9.17) is 0 Å². The van der Waals surface area contributed by atoms with Crippen LogP contribution in [0.25, 0.3) is 98.8 Å². The van der Waals surface area contributed by atoms with E-state index in [-0.39, 0.29) is 17.5 Å². The Hall–Kier alpha value is -7.82. The van der Waals surface area contributed by atoms with Crippen molar-refractivity contribution in [2.75, 3.05) is 4.90 Å². The highest BCUT2D eigenvalue weighted by Crippen LogP contribution is 2.51. The van der Waals surface area contributed by atoms with Crippen LogP contribution in [0.3, 0.4) is 0 Å². The normalized spacial score (nSPS) is 13.4. The van der Waals surface area contributed by atoms with Crippen molar-refractivity contribution in [1.29, 1.82) is 0 Å². The highest BCUT2D eigenvalue weighted by Gasteiger charge is 2.43. The summed E-state index contributed by atoms with van der Waals surface area (Å²) in [6.07, 6.45) is 0. The van der Waals surface area contributed by atoms with Crippen molar-refractivity contribution < 1.29 is 0 Å². The number of benzene rings is 10. The standard InChI is InChI=1S/C64H48BN3/c1-63(2,3)39-23-27-41(28-24-39)66(42-29-25-40(26-30-42)64(4,5)6)43-35-54-60-55(36-43)68-53-34-22-38-14-11-18-47-45-16-9-10-17-46(45)48-31-32-51(62(68)58(48)59(53)56(38)47)65(60)50-20-12-19-49-57-44-15-8-7-13-37(44)21-33-52(57)67(54)61(49)50/h7-36H,1-6H3. The molecule has 0 N–H and O–H groups in total. The summed E-state index contributed by atoms with van der Waals surface area (Å²) in [5.41, 5.74) is 23.0. The Morgan fingerprint density at radius 2 is 0.912 bits per heavy atom. The van der Waals surface area contributed by atoms with Crippen molar-refractivity contribution in [3.63, 3.8) is 0 Å². The van der Waals surface area contributed by atoms with Crippen LogP contribution in [-0.4, -0.2) is 15.8 Å². The second kappa shape index (κ2) is 13.0. The van der Waals surface area contributed by atoms with E-state index in [0.717, 1.165) is 17.1 Å². The lowest BCUT2D eigenvalue weighted by molar-refractivity contribution is 0.590. The van der Waals surface area contributed by atoms with Crippen molar-refractivity contribution in [2.45, 2.75) is 52.4 Å². The molecule has 322 valence electrons. The van der Waals surface area contributed by atoms with Gasteiger partial charge < -0.3 is 14.0 Å². The predicted molar refractivity (Wildman–Crippen MR) is 291 cm³/mol. The number of fused-ring (bicyclic) bond motifs is 13. The van der Waals surface area contributed by atoms with Crippen LogP contribution < -0.4 is 21.3 Å². The van der Waals surface area contributed by atoms with Gasteiger partial charge in [-0.2, -0.15) is 0 Å². The van der Waals surface area contributed by atoms with Crippen LogP contribution in [0.4, 0.5) is 17.1 Å². The molecule has 4 heterocycles. The van der Waals surface area contributed by atoms with Crippen molar-refractivity contribution >= 4 is 105 Å². The summed E-state index contributed by atoms with van der Waals surface area (Å²) in [5.74, 6) is 0. The third-order valence-corrected chi connectivity index (χ3v) is 15.9. The van der Waals surface area contributed by atoms with E-state index in [0.29, 0.717) is 0 Å². The molecule has 15 rings (SSSR count). The van der Waals surface area contributed by atoms with Gasteiger partial charge in [0.2, 0.25) is 0 Å². The third-order valence-electron chi connectivity index (χ3n) is 15.9. The van der Waals surface area contributed by atoms with Crippen LogP contribution in [-0.2, 0) is 10.8 Å². The fourth-order valence-electron chi connectivity index (χ4n) is 12.8. The van der Waals surface area contributed by atoms with Crippen LogP contribution in [0.15, 0.2) is 182 Å². The van der Waals surface area contributed by atoms with Crippen LogP contribution in [0.5, 0.6) is 0 Å². The zero-order valence-electron chi connectivity index (χ0n) is 39.2. The van der Waals surface area contributed by atoms with Gasteiger partial charge in [0.05, 0.1) is 22.2 Å². The van der Waals surface area contributed by atoms with Gasteiger partial charge in [-0.3, -0.25) is 0 Å². The molecule has 10 aromatic carbocycles. The highest BCUT2D eigenvalue weighted by molar-refractivity contribution is 7.00. The summed E-state index contributed by atoms with van der Waals surface area (Å²) in [4.78, 5) is 2.51. The Bertz CT molecular complexity index is 4150. The first-order chi connectivity index (χ1) is 33.0. The van der Waals surface area contributed by atoms with Gasteiger partial charge in [-0.25, -0.2) is 0 Å². The zero-order chi connectivity index (χ0) is 45.5. The van der Waals surface area contributed by atoms with E-state index in [1.807, 2.05) is 0 Å². The maximum absolute atomic E-state index is 2.67. The monoisotopic (exact) mass is 869 g/mol. The van der Waals surface area contributed by atoms with Crippen LogP contribution >= 0.6 is 0 Å². The molecular weight excluding hydrogens is 822 g/mol. The SMILES string of the molecule is CC(C)(C)c1ccc(N(c2ccc(C(C)(C)C)cc2)c2cc3c4c(c2)-n2c5ccc6cccc7c6c5c5c(ccc(c52)B4c2cccc4c5c6ccccc6ccc5n-3c24)-c2ccccc2-7)cc1. The van der Waals surface area contributed by atoms with Crippen LogP contribution in [0.2, 0.25) is 0 Å². The van der Waals surface area contributed by atoms with E-state index < -0.39 is 0 Å². The van der Waals surface area contributed by atoms with Gasteiger partial charge in [0.1, 0.15) is 0 Å². The number of para-hydroxylation sites is 1. The molecule has 1 aliphatic carbocycles. The lowest BCUT2D eigenvalue weighted by atomic mass is 9.34. The molecule has 0 spiro atoms. The fourth-order valence-corrected chi connectivity index (χ4v) is 12.8. The molecule has 2 aromatic heterocycles. The first-order valence-electron chi connectivity index (χ1n) is 24.3. The molecule has 0 fully saturated rings. The Kier molecular flexibility index (Phi) is 7.32. The highest BCUT2D eigenvalue weighted by atomic mass is 15.2. The molecule has 0 radical (unpaired) electrons. The maximum Gasteiger partial charge on any atom is 0.252 e. The number of hydrogen-bond donors (Lipinski definition) is 0. The molecule has 0 bridgehead atoms.